The van der Waals surface area contributed by atoms with E-state index in [0.717, 1.165) is 72.1 Å². The van der Waals surface area contributed by atoms with E-state index in [2.05, 4.69) is 44.1 Å². The Labute approximate surface area is 273 Å². The Balaban J connectivity index is 1.15. The highest BCUT2D eigenvalue weighted by molar-refractivity contribution is 6.31. The number of rotatable bonds is 10. The molecule has 46 heavy (non-hydrogen) atoms. The van der Waals surface area contributed by atoms with Crippen molar-refractivity contribution in [2.45, 2.75) is 51.2 Å². The van der Waals surface area contributed by atoms with E-state index in [-0.39, 0.29) is 13.2 Å². The van der Waals surface area contributed by atoms with Gasteiger partial charge in [-0.15, -0.1) is 0 Å². The Morgan fingerprint density at radius 1 is 0.978 bits per heavy atom. The summed E-state index contributed by atoms with van der Waals surface area (Å²) in [5.74, 6) is -0.272. The van der Waals surface area contributed by atoms with E-state index in [4.69, 9.17) is 21.1 Å². The molecule has 1 unspecified atom stereocenters. The third kappa shape index (κ3) is 7.31. The third-order valence-corrected chi connectivity index (χ3v) is 9.61. The van der Waals surface area contributed by atoms with E-state index in [1.807, 2.05) is 18.2 Å². The lowest BCUT2D eigenvalue weighted by atomic mass is 9.86. The molecule has 1 saturated carbocycles. The Morgan fingerprint density at radius 3 is 2.41 bits per heavy atom. The average Bonchev–Trinajstić information content (AvgIpc) is 3.50. The molecule has 1 aromatic heterocycles. The summed E-state index contributed by atoms with van der Waals surface area (Å²) in [6.45, 7) is 7.82. The van der Waals surface area contributed by atoms with Crippen molar-refractivity contribution in [2.24, 2.45) is 5.92 Å². The predicted molar refractivity (Wildman–Crippen MR) is 173 cm³/mol. The Hall–Kier alpha value is -3.28. The summed E-state index contributed by atoms with van der Waals surface area (Å²) in [6.07, 6.45) is 1.28. The number of hydrogen-bond acceptors (Lipinski definition) is 7. The lowest BCUT2D eigenvalue weighted by Gasteiger charge is -2.37. The minimum atomic E-state index is -4.76. The van der Waals surface area contributed by atoms with Gasteiger partial charge < -0.3 is 19.3 Å². The molecule has 3 aliphatic rings. The zero-order valence-electron chi connectivity index (χ0n) is 26.1. The van der Waals surface area contributed by atoms with Crippen molar-refractivity contribution in [1.29, 1.82) is 0 Å². The molecule has 248 valence electrons. The highest BCUT2D eigenvalue weighted by Crippen LogP contribution is 2.40. The number of carbonyl (C=O) groups is 1. The van der Waals surface area contributed by atoms with E-state index in [0.29, 0.717) is 31.1 Å². The zero-order valence-corrected chi connectivity index (χ0v) is 26.9. The first-order valence-corrected chi connectivity index (χ1v) is 16.6. The molecular weight excluding hydrogens is 619 g/mol. The lowest BCUT2D eigenvalue weighted by Crippen LogP contribution is -2.47. The molecule has 3 aromatic rings. The molecule has 0 radical (unpaired) electrons. The molecule has 0 bridgehead atoms. The maximum Gasteiger partial charge on any atom is 0.433 e. The smallest absolute Gasteiger partial charge is 0.433 e. The number of aromatic nitrogens is 2. The second-order valence-corrected chi connectivity index (χ2v) is 12.9. The van der Waals surface area contributed by atoms with Gasteiger partial charge in [-0.25, -0.2) is 4.79 Å². The number of piperidine rings is 1. The van der Waals surface area contributed by atoms with Crippen LogP contribution in [0.1, 0.15) is 61.1 Å². The first kappa shape index (κ1) is 32.7. The second-order valence-electron chi connectivity index (χ2n) is 12.4. The predicted octanol–water partition coefficient (Wildman–Crippen LogP) is 7.14. The quantitative estimate of drug-likeness (QED) is 0.215. The maximum absolute atomic E-state index is 14.2. The van der Waals surface area contributed by atoms with E-state index in [1.165, 1.54) is 19.3 Å². The van der Waals surface area contributed by atoms with Crippen molar-refractivity contribution in [3.8, 4) is 11.1 Å². The lowest BCUT2D eigenvalue weighted by molar-refractivity contribution is -0.145. The number of carbonyl (C=O) groups excluding carboxylic acids is 1. The molecule has 1 atom stereocenters. The van der Waals surface area contributed by atoms with E-state index >= 15 is 0 Å². The second kappa shape index (κ2) is 14.2. The van der Waals surface area contributed by atoms with Crippen molar-refractivity contribution < 1.29 is 27.4 Å². The van der Waals surface area contributed by atoms with Crippen molar-refractivity contribution in [1.82, 2.24) is 14.7 Å². The topological polar surface area (TPSA) is 63.1 Å². The van der Waals surface area contributed by atoms with E-state index in [9.17, 15) is 18.0 Å². The van der Waals surface area contributed by atoms with Crippen LogP contribution >= 0.6 is 11.6 Å². The van der Waals surface area contributed by atoms with Gasteiger partial charge in [0.2, 0.25) is 0 Å². The minimum absolute atomic E-state index is 0.0244. The summed E-state index contributed by atoms with van der Waals surface area (Å²) < 4.78 is 54.4. The van der Waals surface area contributed by atoms with Crippen LogP contribution in [0, 0.1) is 5.92 Å². The number of hydrogen-bond donors (Lipinski definition) is 0. The molecule has 2 aliphatic heterocycles. The van der Waals surface area contributed by atoms with Gasteiger partial charge in [0.1, 0.15) is 5.56 Å². The molecular formula is C34H41ClF3N5O3. The summed E-state index contributed by atoms with van der Waals surface area (Å²) >= 11 is 6.46. The van der Waals surface area contributed by atoms with Crippen LogP contribution < -0.4 is 9.80 Å². The molecule has 2 saturated heterocycles. The highest BCUT2D eigenvalue weighted by Gasteiger charge is 2.42. The Morgan fingerprint density at radius 2 is 1.74 bits per heavy atom. The van der Waals surface area contributed by atoms with Gasteiger partial charge in [-0.1, -0.05) is 36.2 Å². The van der Waals surface area contributed by atoms with Crippen molar-refractivity contribution in [2.75, 3.05) is 69.0 Å². The summed E-state index contributed by atoms with van der Waals surface area (Å²) in [7, 11) is 0. The van der Waals surface area contributed by atoms with Gasteiger partial charge in [0.25, 0.3) is 0 Å². The molecule has 3 fully saturated rings. The Bertz CT molecular complexity index is 1490. The number of piperazine rings is 1. The maximum atomic E-state index is 14.2. The van der Waals surface area contributed by atoms with Gasteiger partial charge in [0.05, 0.1) is 32.2 Å². The highest BCUT2D eigenvalue weighted by atomic mass is 35.5. The average molecular weight is 660 g/mol. The molecule has 3 heterocycles. The van der Waals surface area contributed by atoms with Gasteiger partial charge in [0.15, 0.2) is 5.69 Å². The SMILES string of the molecule is CCOC(=O)c1cnn(C2CCCN(c3cc(Cl)ccc3-c3ccc(N4CCN(COCC5CCC5)CC4)cc3)C2)c1C(F)(F)F. The van der Waals surface area contributed by atoms with Gasteiger partial charge in [-0.2, -0.15) is 18.3 Å². The van der Waals surface area contributed by atoms with Crippen LogP contribution in [0.4, 0.5) is 24.5 Å². The number of alkyl halides is 3. The summed E-state index contributed by atoms with van der Waals surface area (Å²) in [6, 6.07) is 13.5. The first-order chi connectivity index (χ1) is 22.2. The van der Waals surface area contributed by atoms with E-state index in [1.54, 1.807) is 6.92 Å². The standard InChI is InChI=1S/C34H41ClF3N5O3/c1-2-46-33(44)30-20-39-43(32(30)34(36,37)38)28-7-4-14-42(21-28)31-19-26(35)10-13-29(31)25-8-11-27(12-9-25)41-17-15-40(16-18-41)23-45-22-24-5-3-6-24/h8-13,19-20,24,28H,2-7,14-18,21-23H2,1H3. The molecule has 12 heteroatoms. The minimum Gasteiger partial charge on any atom is -0.462 e. The molecule has 0 amide bonds. The largest absolute Gasteiger partial charge is 0.462 e. The van der Waals surface area contributed by atoms with Crippen LogP contribution in [0.15, 0.2) is 48.7 Å². The fraction of sp³-hybridized carbons (Fsp3) is 0.529. The zero-order chi connectivity index (χ0) is 32.3. The van der Waals surface area contributed by atoms with Crippen LogP contribution in [0.5, 0.6) is 0 Å². The molecule has 0 N–H and O–H groups in total. The first-order valence-electron chi connectivity index (χ1n) is 16.2. The summed E-state index contributed by atoms with van der Waals surface area (Å²) in [5.41, 5.74) is 2.33. The number of nitrogens with zero attached hydrogens (tertiary/aromatic N) is 5. The fourth-order valence-corrected chi connectivity index (χ4v) is 6.82. The van der Waals surface area contributed by atoms with Crippen LogP contribution in [0.3, 0.4) is 0 Å². The van der Waals surface area contributed by atoms with Gasteiger partial charge >= 0.3 is 12.1 Å². The van der Waals surface area contributed by atoms with Crippen LogP contribution in [-0.4, -0.2) is 79.9 Å². The van der Waals surface area contributed by atoms with Gasteiger partial charge in [-0.3, -0.25) is 9.58 Å². The third-order valence-electron chi connectivity index (χ3n) is 9.37. The van der Waals surface area contributed by atoms with Gasteiger partial charge in [-0.05, 0) is 68.4 Å². The molecule has 6 rings (SSSR count). The number of esters is 1. The molecule has 0 spiro atoms. The summed E-state index contributed by atoms with van der Waals surface area (Å²) in [4.78, 5) is 19.2. The molecule has 1 aliphatic carbocycles. The monoisotopic (exact) mass is 659 g/mol. The van der Waals surface area contributed by atoms with Crippen molar-refractivity contribution in [3.63, 3.8) is 0 Å². The normalized spacial score (nSPS) is 19.7. The van der Waals surface area contributed by atoms with Crippen molar-refractivity contribution >= 4 is 28.9 Å². The Kier molecular flexibility index (Phi) is 10.1. The van der Waals surface area contributed by atoms with Crippen LogP contribution in [0.25, 0.3) is 11.1 Å². The summed E-state index contributed by atoms with van der Waals surface area (Å²) in [5, 5.41) is 4.60. The number of benzene rings is 2. The number of anilines is 2. The van der Waals surface area contributed by atoms with Crippen LogP contribution in [0.2, 0.25) is 5.02 Å². The van der Waals surface area contributed by atoms with Gasteiger partial charge in [0, 0.05) is 61.2 Å². The molecule has 2 aromatic carbocycles. The van der Waals surface area contributed by atoms with E-state index < -0.39 is 29.4 Å². The van der Waals surface area contributed by atoms with Crippen molar-refractivity contribution in [3.05, 3.63) is 64.9 Å². The number of halogens is 4. The fourth-order valence-electron chi connectivity index (χ4n) is 6.66. The number of ether oxygens (including phenoxy) is 2. The molecule has 8 nitrogen and oxygen atoms in total. The van der Waals surface area contributed by atoms with Crippen LogP contribution in [-0.2, 0) is 15.7 Å².